The van der Waals surface area contributed by atoms with Gasteiger partial charge in [-0.15, -0.1) is 0 Å². The van der Waals surface area contributed by atoms with E-state index in [1.54, 1.807) is 0 Å². The minimum Gasteiger partial charge on any atom is -0.270 e. The molecule has 0 saturated carbocycles. The Balaban J connectivity index is 3.39. The van der Waals surface area contributed by atoms with Gasteiger partial charge < -0.3 is 0 Å². The lowest BCUT2D eigenvalue weighted by Crippen LogP contribution is -2.02. The highest BCUT2D eigenvalue weighted by molar-refractivity contribution is 7.85. The van der Waals surface area contributed by atoms with E-state index >= 15 is 0 Å². The fourth-order valence-electron chi connectivity index (χ4n) is 0.434. The van der Waals surface area contributed by atoms with Crippen molar-refractivity contribution in [2.75, 3.05) is 12.9 Å². The first-order valence-electron chi connectivity index (χ1n) is 3.02. The van der Waals surface area contributed by atoms with Crippen molar-refractivity contribution >= 4 is 10.1 Å². The van der Waals surface area contributed by atoms with Crippen LogP contribution >= 0.6 is 0 Å². The summed E-state index contributed by atoms with van der Waals surface area (Å²) < 4.78 is 25.1. The van der Waals surface area contributed by atoms with Crippen LogP contribution in [0.2, 0.25) is 0 Å². The molecule has 0 aliphatic carbocycles. The third-order valence-electron chi connectivity index (χ3n) is 0.818. The Morgan fingerprint density at radius 2 is 2.10 bits per heavy atom. The smallest absolute Gasteiger partial charge is 0.264 e. The minimum absolute atomic E-state index is 0.239. The van der Waals surface area contributed by atoms with Gasteiger partial charge in [0.25, 0.3) is 10.1 Å². The number of rotatable bonds is 4. The van der Waals surface area contributed by atoms with Gasteiger partial charge in [-0.3, -0.25) is 4.18 Å². The van der Waals surface area contributed by atoms with Gasteiger partial charge in [-0.2, -0.15) is 8.42 Å². The molecule has 0 saturated heterocycles. The lowest BCUT2D eigenvalue weighted by atomic mass is 10.4. The SMILES string of the molecule is C/C=C/CCOS(C)(=O)=O. The third-order valence-corrected chi connectivity index (χ3v) is 1.41. The molecule has 0 atom stereocenters. The molecule has 0 fully saturated rings. The molecule has 0 aromatic rings. The predicted octanol–water partition coefficient (Wildman–Crippen LogP) is 0.929. The summed E-state index contributed by atoms with van der Waals surface area (Å²) in [5.74, 6) is 0. The Labute approximate surface area is 61.8 Å². The molecule has 60 valence electrons. The van der Waals surface area contributed by atoms with Gasteiger partial charge in [-0.25, -0.2) is 0 Å². The van der Waals surface area contributed by atoms with E-state index in [0.29, 0.717) is 6.42 Å². The summed E-state index contributed by atoms with van der Waals surface area (Å²) in [5, 5.41) is 0. The molecule has 0 amide bonds. The zero-order valence-corrected chi connectivity index (χ0v) is 7.02. The van der Waals surface area contributed by atoms with E-state index in [0.717, 1.165) is 6.26 Å². The predicted molar refractivity (Wildman–Crippen MR) is 40.2 cm³/mol. The lowest BCUT2D eigenvalue weighted by molar-refractivity contribution is 0.328. The maximum Gasteiger partial charge on any atom is 0.264 e. The van der Waals surface area contributed by atoms with Crippen LogP contribution in [0.15, 0.2) is 12.2 Å². The van der Waals surface area contributed by atoms with Crippen molar-refractivity contribution in [3.63, 3.8) is 0 Å². The largest absolute Gasteiger partial charge is 0.270 e. The van der Waals surface area contributed by atoms with E-state index in [9.17, 15) is 8.42 Å². The van der Waals surface area contributed by atoms with Gasteiger partial charge in [-0.05, 0) is 13.3 Å². The lowest BCUT2D eigenvalue weighted by Gasteiger charge is -1.95. The van der Waals surface area contributed by atoms with Gasteiger partial charge in [0.2, 0.25) is 0 Å². The van der Waals surface area contributed by atoms with Crippen molar-refractivity contribution in [2.24, 2.45) is 0 Å². The van der Waals surface area contributed by atoms with Crippen molar-refractivity contribution in [1.82, 2.24) is 0 Å². The van der Waals surface area contributed by atoms with Gasteiger partial charge in [-0.1, -0.05) is 12.2 Å². The van der Waals surface area contributed by atoms with Gasteiger partial charge in [0.05, 0.1) is 12.9 Å². The second-order valence-electron chi connectivity index (χ2n) is 1.88. The van der Waals surface area contributed by atoms with Crippen molar-refractivity contribution < 1.29 is 12.6 Å². The summed E-state index contributed by atoms with van der Waals surface area (Å²) >= 11 is 0. The highest BCUT2D eigenvalue weighted by atomic mass is 32.2. The van der Waals surface area contributed by atoms with Gasteiger partial charge in [0.1, 0.15) is 0 Å². The van der Waals surface area contributed by atoms with E-state index in [-0.39, 0.29) is 6.61 Å². The minimum atomic E-state index is -3.24. The number of hydrogen-bond acceptors (Lipinski definition) is 3. The van der Waals surface area contributed by atoms with Crippen molar-refractivity contribution in [2.45, 2.75) is 13.3 Å². The zero-order chi connectivity index (χ0) is 8.04. The monoisotopic (exact) mass is 164 g/mol. The highest BCUT2D eigenvalue weighted by Crippen LogP contribution is 1.90. The summed E-state index contributed by atoms with van der Waals surface area (Å²) in [6, 6.07) is 0. The number of hydrogen-bond donors (Lipinski definition) is 0. The average Bonchev–Trinajstić information content (AvgIpc) is 1.78. The Bertz CT molecular complexity index is 191. The molecule has 0 aromatic carbocycles. The zero-order valence-electron chi connectivity index (χ0n) is 6.20. The fourth-order valence-corrected chi connectivity index (χ4v) is 0.833. The van der Waals surface area contributed by atoms with Crippen molar-refractivity contribution in [1.29, 1.82) is 0 Å². The van der Waals surface area contributed by atoms with E-state index in [1.807, 2.05) is 19.1 Å². The van der Waals surface area contributed by atoms with Gasteiger partial charge in [0.15, 0.2) is 0 Å². The second kappa shape index (κ2) is 4.46. The standard InChI is InChI=1S/C6H12O3S/c1-3-4-5-6-9-10(2,7)8/h3-4H,5-6H2,1-2H3/b4-3+. The Kier molecular flexibility index (Phi) is 4.31. The van der Waals surface area contributed by atoms with Crippen LogP contribution in [0.3, 0.4) is 0 Å². The third kappa shape index (κ3) is 7.65. The Morgan fingerprint density at radius 1 is 1.50 bits per heavy atom. The average molecular weight is 164 g/mol. The molecule has 0 rings (SSSR count). The van der Waals surface area contributed by atoms with Crippen LogP contribution in [0.1, 0.15) is 13.3 Å². The van der Waals surface area contributed by atoms with Crippen LogP contribution in [0.25, 0.3) is 0 Å². The number of allylic oxidation sites excluding steroid dienone is 1. The maximum atomic E-state index is 10.3. The van der Waals surface area contributed by atoms with Crippen LogP contribution in [-0.2, 0) is 14.3 Å². The molecule has 0 spiro atoms. The fraction of sp³-hybridized carbons (Fsp3) is 0.667. The topological polar surface area (TPSA) is 43.4 Å². The first-order chi connectivity index (χ1) is 4.56. The van der Waals surface area contributed by atoms with Gasteiger partial charge in [0, 0.05) is 0 Å². The summed E-state index contributed by atoms with van der Waals surface area (Å²) in [7, 11) is -3.24. The van der Waals surface area contributed by atoms with E-state index in [4.69, 9.17) is 0 Å². The van der Waals surface area contributed by atoms with E-state index in [2.05, 4.69) is 4.18 Å². The molecule has 0 radical (unpaired) electrons. The Hall–Kier alpha value is -0.350. The highest BCUT2D eigenvalue weighted by Gasteiger charge is 1.97. The van der Waals surface area contributed by atoms with Gasteiger partial charge >= 0.3 is 0 Å². The summed E-state index contributed by atoms with van der Waals surface area (Å²) in [6.07, 6.45) is 5.39. The molecule has 3 nitrogen and oxygen atoms in total. The molecule has 0 heterocycles. The Morgan fingerprint density at radius 3 is 2.50 bits per heavy atom. The first kappa shape index (κ1) is 9.65. The summed E-state index contributed by atoms with van der Waals surface area (Å²) in [6.45, 7) is 2.11. The van der Waals surface area contributed by atoms with Crippen molar-refractivity contribution in [3.8, 4) is 0 Å². The maximum absolute atomic E-state index is 10.3. The van der Waals surface area contributed by atoms with E-state index in [1.165, 1.54) is 0 Å². The van der Waals surface area contributed by atoms with Crippen LogP contribution < -0.4 is 0 Å². The molecule has 0 aliphatic heterocycles. The van der Waals surface area contributed by atoms with Crippen LogP contribution in [0, 0.1) is 0 Å². The van der Waals surface area contributed by atoms with E-state index < -0.39 is 10.1 Å². The molecular weight excluding hydrogens is 152 g/mol. The summed E-state index contributed by atoms with van der Waals surface area (Å²) in [5.41, 5.74) is 0. The summed E-state index contributed by atoms with van der Waals surface area (Å²) in [4.78, 5) is 0. The molecule has 0 unspecified atom stereocenters. The second-order valence-corrected chi connectivity index (χ2v) is 3.53. The van der Waals surface area contributed by atoms with Crippen molar-refractivity contribution in [3.05, 3.63) is 12.2 Å². The molecular formula is C6H12O3S. The normalized spacial score (nSPS) is 12.6. The molecule has 0 N–H and O–H groups in total. The van der Waals surface area contributed by atoms with Crippen LogP contribution in [-0.4, -0.2) is 21.3 Å². The molecule has 0 bridgehead atoms. The molecule has 4 heteroatoms. The van der Waals surface area contributed by atoms with Crippen LogP contribution in [0.4, 0.5) is 0 Å². The molecule has 0 aromatic heterocycles. The first-order valence-corrected chi connectivity index (χ1v) is 4.83. The molecule has 10 heavy (non-hydrogen) atoms. The molecule has 0 aliphatic rings. The quantitative estimate of drug-likeness (QED) is 0.352. The van der Waals surface area contributed by atoms with Crippen LogP contribution in [0.5, 0.6) is 0 Å².